The van der Waals surface area contributed by atoms with Crippen molar-refractivity contribution in [3.8, 4) is 0 Å². The molecule has 1 amide bonds. The molecule has 0 fully saturated rings. The summed E-state index contributed by atoms with van der Waals surface area (Å²) in [7, 11) is 1.62. The Kier molecular flexibility index (Phi) is 11.4. The normalized spacial score (nSPS) is 12.8. The van der Waals surface area contributed by atoms with E-state index in [0.29, 0.717) is 19.0 Å². The first-order valence-corrected chi connectivity index (χ1v) is 8.58. The first-order chi connectivity index (χ1) is 12.6. The molecule has 0 radical (unpaired) electrons. The molecule has 1 unspecified atom stereocenters. The number of ether oxygens (including phenoxy) is 1. The molecule has 0 bridgehead atoms. The lowest BCUT2D eigenvalue weighted by molar-refractivity contribution is -0.114. The maximum atomic E-state index is 13.6. The van der Waals surface area contributed by atoms with Gasteiger partial charge in [-0.2, -0.15) is 0 Å². The van der Waals surface area contributed by atoms with Crippen LogP contribution in [-0.4, -0.2) is 44.7 Å². The largest absolute Gasteiger partial charge is 0.379 e. The predicted molar refractivity (Wildman–Crippen MR) is 115 cm³/mol. The molecule has 6 nitrogen and oxygen atoms in total. The summed E-state index contributed by atoms with van der Waals surface area (Å²) >= 11 is 0. The number of amides is 1. The number of anilines is 1. The molecular weight excluding hydrogens is 488 g/mol. The van der Waals surface area contributed by atoms with Crippen LogP contribution in [0.4, 0.5) is 18.9 Å². The summed E-state index contributed by atoms with van der Waals surface area (Å²) < 4.78 is 45.2. The lowest BCUT2D eigenvalue weighted by Crippen LogP contribution is -2.45. The van der Waals surface area contributed by atoms with E-state index >= 15 is 0 Å². The lowest BCUT2D eigenvalue weighted by Gasteiger charge is -2.30. The Balaban J connectivity index is 0.00000729. The van der Waals surface area contributed by atoms with Crippen LogP contribution >= 0.6 is 24.0 Å². The average molecular weight is 516 g/mol. The van der Waals surface area contributed by atoms with E-state index in [4.69, 9.17) is 4.74 Å². The molecule has 1 aromatic rings. The number of hydrogen-bond donors (Lipinski definition) is 3. The molecule has 0 saturated heterocycles. The molecule has 10 heteroatoms. The van der Waals surface area contributed by atoms with E-state index < -0.39 is 29.0 Å². The van der Waals surface area contributed by atoms with Gasteiger partial charge in [0.05, 0.1) is 11.8 Å². The van der Waals surface area contributed by atoms with Gasteiger partial charge in [0.1, 0.15) is 6.54 Å². The number of rotatable bonds is 7. The fourth-order valence-corrected chi connectivity index (χ4v) is 2.24. The Morgan fingerprint density at radius 1 is 1.18 bits per heavy atom. The van der Waals surface area contributed by atoms with Crippen molar-refractivity contribution < 1.29 is 22.7 Å². The van der Waals surface area contributed by atoms with Crippen molar-refractivity contribution in [1.82, 2.24) is 10.6 Å². The smallest absolute Gasteiger partial charge is 0.246 e. The van der Waals surface area contributed by atoms with Gasteiger partial charge >= 0.3 is 0 Å². The van der Waals surface area contributed by atoms with Crippen molar-refractivity contribution in [2.45, 2.75) is 33.8 Å². The minimum atomic E-state index is -1.64. The van der Waals surface area contributed by atoms with E-state index in [-0.39, 0.29) is 42.0 Å². The molecule has 0 aromatic heterocycles. The zero-order valence-corrected chi connectivity index (χ0v) is 19.0. The predicted octanol–water partition coefficient (Wildman–Crippen LogP) is 3.28. The fraction of sp³-hybridized carbons (Fsp3) is 0.556. The fourth-order valence-electron chi connectivity index (χ4n) is 2.24. The molecule has 0 aliphatic heterocycles. The summed E-state index contributed by atoms with van der Waals surface area (Å²) in [5, 5.41) is 8.22. The van der Waals surface area contributed by atoms with Gasteiger partial charge in [-0.15, -0.1) is 24.0 Å². The van der Waals surface area contributed by atoms with Gasteiger partial charge in [-0.3, -0.25) is 4.79 Å². The highest BCUT2D eigenvalue weighted by Gasteiger charge is 2.24. The van der Waals surface area contributed by atoms with Crippen LogP contribution in [-0.2, 0) is 9.53 Å². The van der Waals surface area contributed by atoms with E-state index in [2.05, 4.69) is 20.9 Å². The van der Waals surface area contributed by atoms with Gasteiger partial charge in [0, 0.05) is 20.2 Å². The van der Waals surface area contributed by atoms with Crippen LogP contribution in [0.15, 0.2) is 17.1 Å². The molecule has 1 atom stereocenters. The number of carbonyl (C=O) groups is 1. The minimum Gasteiger partial charge on any atom is -0.379 e. The summed E-state index contributed by atoms with van der Waals surface area (Å²) in [5.41, 5.74) is -0.542. The Morgan fingerprint density at radius 3 is 2.36 bits per heavy atom. The van der Waals surface area contributed by atoms with Crippen molar-refractivity contribution in [2.75, 3.05) is 32.1 Å². The molecular formula is C18H28F3IN4O2. The molecule has 0 spiro atoms. The Bertz CT molecular complexity index is 682. The molecule has 0 heterocycles. The zero-order valence-electron chi connectivity index (χ0n) is 16.7. The van der Waals surface area contributed by atoms with E-state index in [1.807, 2.05) is 27.7 Å². The van der Waals surface area contributed by atoms with E-state index in [1.165, 1.54) is 0 Å². The Hall–Kier alpha value is -1.56. The molecule has 160 valence electrons. The maximum absolute atomic E-state index is 13.6. The summed E-state index contributed by atoms with van der Waals surface area (Å²) in [5.74, 6) is -4.71. The van der Waals surface area contributed by atoms with Gasteiger partial charge in [0.15, 0.2) is 23.4 Å². The van der Waals surface area contributed by atoms with Gasteiger partial charge in [-0.05, 0) is 24.5 Å². The summed E-state index contributed by atoms with van der Waals surface area (Å²) in [4.78, 5) is 16.0. The van der Waals surface area contributed by atoms with Crippen LogP contribution in [0.3, 0.4) is 0 Å². The van der Waals surface area contributed by atoms with Crippen molar-refractivity contribution in [3.63, 3.8) is 0 Å². The highest BCUT2D eigenvalue weighted by atomic mass is 127. The van der Waals surface area contributed by atoms with Crippen LogP contribution in [0.5, 0.6) is 0 Å². The van der Waals surface area contributed by atoms with Crippen molar-refractivity contribution in [2.24, 2.45) is 10.4 Å². The molecule has 1 rings (SSSR count). The Labute approximate surface area is 180 Å². The summed E-state index contributed by atoms with van der Waals surface area (Å²) in [6, 6.07) is 1.69. The van der Waals surface area contributed by atoms with Crippen LogP contribution < -0.4 is 16.0 Å². The zero-order chi connectivity index (χ0) is 20.6. The lowest BCUT2D eigenvalue weighted by atomic mass is 9.89. The number of hydrogen-bond acceptors (Lipinski definition) is 3. The van der Waals surface area contributed by atoms with E-state index in [1.54, 1.807) is 7.11 Å². The maximum Gasteiger partial charge on any atom is 0.246 e. The molecule has 28 heavy (non-hydrogen) atoms. The van der Waals surface area contributed by atoms with Crippen molar-refractivity contribution in [1.29, 1.82) is 0 Å². The second-order valence-electron chi connectivity index (χ2n) is 6.94. The van der Waals surface area contributed by atoms with Crippen LogP contribution in [0.2, 0.25) is 0 Å². The van der Waals surface area contributed by atoms with Crippen molar-refractivity contribution in [3.05, 3.63) is 29.6 Å². The van der Waals surface area contributed by atoms with Crippen LogP contribution in [0.1, 0.15) is 27.7 Å². The van der Waals surface area contributed by atoms with Gasteiger partial charge in [0.25, 0.3) is 0 Å². The van der Waals surface area contributed by atoms with Crippen molar-refractivity contribution >= 4 is 41.5 Å². The van der Waals surface area contributed by atoms with Gasteiger partial charge in [-0.25, -0.2) is 18.2 Å². The molecule has 3 N–H and O–H groups in total. The highest BCUT2D eigenvalue weighted by Crippen LogP contribution is 2.21. The number of nitrogens with one attached hydrogen (secondary N) is 3. The number of carbonyl (C=O) groups excluding carboxylic acids is 1. The number of methoxy groups -OCH3 is 1. The third kappa shape index (κ3) is 8.21. The monoisotopic (exact) mass is 516 g/mol. The average Bonchev–Trinajstić information content (AvgIpc) is 2.59. The highest BCUT2D eigenvalue weighted by molar-refractivity contribution is 14.0. The summed E-state index contributed by atoms with van der Waals surface area (Å²) in [6.45, 7) is 8.68. The topological polar surface area (TPSA) is 74.8 Å². The first-order valence-electron chi connectivity index (χ1n) is 8.58. The van der Waals surface area contributed by atoms with Gasteiger partial charge < -0.3 is 20.7 Å². The number of halogens is 4. The van der Waals surface area contributed by atoms with Gasteiger partial charge in [-0.1, -0.05) is 20.8 Å². The first kappa shape index (κ1) is 26.4. The second-order valence-corrected chi connectivity index (χ2v) is 6.94. The minimum absolute atomic E-state index is 0. The number of benzene rings is 1. The molecule has 0 saturated carbocycles. The van der Waals surface area contributed by atoms with E-state index in [9.17, 15) is 18.0 Å². The second kappa shape index (κ2) is 12.1. The number of nitrogens with zero attached hydrogens (tertiary/aromatic N) is 1. The third-order valence-corrected chi connectivity index (χ3v) is 3.74. The molecule has 1 aromatic carbocycles. The van der Waals surface area contributed by atoms with Crippen LogP contribution in [0, 0.1) is 22.9 Å². The number of guanidine groups is 1. The Morgan fingerprint density at radius 2 is 1.82 bits per heavy atom. The quantitative estimate of drug-likeness (QED) is 0.225. The van der Waals surface area contributed by atoms with E-state index in [0.717, 1.165) is 12.1 Å². The molecule has 0 aliphatic rings. The SMILES string of the molecule is CCNC(=NCC(=O)Nc1ccc(F)c(F)c1F)NCC(OC)C(C)(C)C.I. The molecule has 0 aliphatic carbocycles. The standard InChI is InChI=1S/C18H27F3N4O2.HI/c1-6-22-17(23-9-13(27-5)18(2,3)4)24-10-14(26)25-12-8-7-11(19)15(20)16(12)21;/h7-8,13H,6,9-10H2,1-5H3,(H,25,26)(H2,22,23,24);1H. The van der Waals surface area contributed by atoms with Gasteiger partial charge in [0.2, 0.25) is 5.91 Å². The summed E-state index contributed by atoms with van der Waals surface area (Å²) in [6.07, 6.45) is -0.0912. The van der Waals surface area contributed by atoms with Crippen LogP contribution in [0.25, 0.3) is 0 Å². The third-order valence-electron chi connectivity index (χ3n) is 3.74. The number of aliphatic imine (C=N–C) groups is 1.